The first kappa shape index (κ1) is 20.8. The van der Waals surface area contributed by atoms with E-state index in [1.165, 1.54) is 12.8 Å². The first-order valence-electron chi connectivity index (χ1n) is 9.66. The van der Waals surface area contributed by atoms with Crippen LogP contribution in [0.2, 0.25) is 0 Å². The quantitative estimate of drug-likeness (QED) is 0.782. The van der Waals surface area contributed by atoms with Gasteiger partial charge in [0.05, 0.1) is 13.2 Å². The Morgan fingerprint density at radius 3 is 2.50 bits per heavy atom. The van der Waals surface area contributed by atoms with Gasteiger partial charge in [0, 0.05) is 30.7 Å². The molecule has 1 amide bonds. The fourth-order valence-corrected chi connectivity index (χ4v) is 3.61. The highest BCUT2D eigenvalue weighted by atomic mass is 35.5. The number of benzene rings is 1. The van der Waals surface area contributed by atoms with Crippen LogP contribution in [0.1, 0.15) is 56.3 Å². The lowest BCUT2D eigenvalue weighted by Crippen LogP contribution is -2.39. The van der Waals surface area contributed by atoms with Crippen LogP contribution in [0.5, 0.6) is 11.5 Å². The number of halogens is 1. The Labute approximate surface area is 162 Å². The molecule has 1 N–H and O–H groups in total. The smallest absolute Gasteiger partial charge is 0.254 e. The maximum absolute atomic E-state index is 13.0. The van der Waals surface area contributed by atoms with Gasteiger partial charge < -0.3 is 19.7 Å². The second-order valence-corrected chi connectivity index (χ2v) is 7.04. The number of amides is 1. The molecule has 2 aliphatic heterocycles. The third-order valence-electron chi connectivity index (χ3n) is 4.92. The van der Waals surface area contributed by atoms with E-state index in [1.54, 1.807) is 0 Å². The van der Waals surface area contributed by atoms with E-state index in [0.29, 0.717) is 36.6 Å². The van der Waals surface area contributed by atoms with Crippen molar-refractivity contribution in [2.24, 2.45) is 0 Å². The molecule has 2 bridgehead atoms. The van der Waals surface area contributed by atoms with Gasteiger partial charge in [-0.2, -0.15) is 0 Å². The molecule has 3 rings (SSSR count). The van der Waals surface area contributed by atoms with Crippen LogP contribution >= 0.6 is 12.4 Å². The van der Waals surface area contributed by atoms with Crippen LogP contribution < -0.4 is 14.8 Å². The Balaban J connectivity index is 0.00000243. The van der Waals surface area contributed by atoms with E-state index in [9.17, 15) is 4.79 Å². The highest BCUT2D eigenvalue weighted by Crippen LogP contribution is 2.30. The molecule has 0 aromatic heterocycles. The summed E-state index contributed by atoms with van der Waals surface area (Å²) in [5, 5.41) is 3.62. The van der Waals surface area contributed by atoms with Crippen molar-refractivity contribution in [2.45, 2.75) is 58.0 Å². The Hall–Kier alpha value is -1.46. The minimum absolute atomic E-state index is 0. The van der Waals surface area contributed by atoms with E-state index in [4.69, 9.17) is 9.47 Å². The Morgan fingerprint density at radius 1 is 1.08 bits per heavy atom. The standard InChI is InChI=1S/C20H30N2O3.ClH/c1-3-11-24-18-8-5-15(13-19(18)25-12-4-2)20(23)22-10-9-16-6-7-17(14-22)21-16;/h5,8,13,16-17,21H,3-4,6-7,9-12,14H2,1-2H3;1H. The van der Waals surface area contributed by atoms with Gasteiger partial charge in [-0.05, 0) is 50.3 Å². The lowest BCUT2D eigenvalue weighted by molar-refractivity contribution is 0.0747. The highest BCUT2D eigenvalue weighted by Gasteiger charge is 2.31. The van der Waals surface area contributed by atoms with Crippen molar-refractivity contribution in [1.29, 1.82) is 0 Å². The van der Waals surface area contributed by atoms with Gasteiger partial charge in [0.1, 0.15) is 0 Å². The Kier molecular flexibility index (Phi) is 8.04. The van der Waals surface area contributed by atoms with Gasteiger partial charge in [-0.3, -0.25) is 4.79 Å². The van der Waals surface area contributed by atoms with Gasteiger partial charge in [-0.1, -0.05) is 13.8 Å². The second kappa shape index (κ2) is 10.0. The van der Waals surface area contributed by atoms with E-state index >= 15 is 0 Å². The minimum atomic E-state index is 0. The van der Waals surface area contributed by atoms with E-state index in [-0.39, 0.29) is 18.3 Å². The Bertz CT molecular complexity index is 596. The van der Waals surface area contributed by atoms with Crippen molar-refractivity contribution >= 4 is 18.3 Å². The zero-order valence-corrected chi connectivity index (χ0v) is 16.6. The van der Waals surface area contributed by atoms with Crippen LogP contribution in [-0.4, -0.2) is 49.2 Å². The van der Waals surface area contributed by atoms with Gasteiger partial charge in [0.2, 0.25) is 0 Å². The number of fused-ring (bicyclic) bond motifs is 2. The molecule has 1 aromatic carbocycles. The first-order chi connectivity index (χ1) is 12.2. The zero-order chi connectivity index (χ0) is 17.6. The summed E-state index contributed by atoms with van der Waals surface area (Å²) in [6.07, 6.45) is 5.32. The average Bonchev–Trinajstić information content (AvgIpc) is 2.96. The molecule has 0 spiro atoms. The van der Waals surface area contributed by atoms with Crippen molar-refractivity contribution < 1.29 is 14.3 Å². The summed E-state index contributed by atoms with van der Waals surface area (Å²) in [5.74, 6) is 1.50. The molecule has 0 aliphatic carbocycles. The molecule has 26 heavy (non-hydrogen) atoms. The summed E-state index contributed by atoms with van der Waals surface area (Å²) in [6, 6.07) is 6.61. The summed E-state index contributed by atoms with van der Waals surface area (Å²) >= 11 is 0. The van der Waals surface area contributed by atoms with Crippen molar-refractivity contribution in [1.82, 2.24) is 10.2 Å². The van der Waals surface area contributed by atoms with Crippen molar-refractivity contribution in [3.63, 3.8) is 0 Å². The molecule has 2 atom stereocenters. The molecule has 5 nitrogen and oxygen atoms in total. The number of nitrogens with one attached hydrogen (secondary N) is 1. The van der Waals surface area contributed by atoms with E-state index in [0.717, 1.165) is 38.1 Å². The van der Waals surface area contributed by atoms with Crippen LogP contribution in [0.25, 0.3) is 0 Å². The van der Waals surface area contributed by atoms with Gasteiger partial charge >= 0.3 is 0 Å². The van der Waals surface area contributed by atoms with Crippen molar-refractivity contribution in [3.05, 3.63) is 23.8 Å². The molecule has 2 aliphatic rings. The maximum Gasteiger partial charge on any atom is 0.254 e. The normalized spacial score (nSPS) is 21.7. The number of hydrogen-bond donors (Lipinski definition) is 1. The molecule has 2 saturated heterocycles. The highest BCUT2D eigenvalue weighted by molar-refractivity contribution is 5.95. The molecule has 2 heterocycles. The molecule has 2 fully saturated rings. The van der Waals surface area contributed by atoms with Crippen LogP contribution in [0.15, 0.2) is 18.2 Å². The topological polar surface area (TPSA) is 50.8 Å². The van der Waals surface area contributed by atoms with Gasteiger partial charge in [0.25, 0.3) is 5.91 Å². The van der Waals surface area contributed by atoms with Gasteiger partial charge in [-0.15, -0.1) is 12.4 Å². The number of carbonyl (C=O) groups excluding carboxylic acids is 1. The largest absolute Gasteiger partial charge is 0.490 e. The number of hydrogen-bond acceptors (Lipinski definition) is 4. The molecular formula is C20H31ClN2O3. The first-order valence-corrected chi connectivity index (χ1v) is 9.66. The molecule has 1 aromatic rings. The summed E-state index contributed by atoms with van der Waals surface area (Å²) < 4.78 is 11.6. The van der Waals surface area contributed by atoms with Crippen molar-refractivity contribution in [3.8, 4) is 11.5 Å². The third kappa shape index (κ3) is 5.04. The second-order valence-electron chi connectivity index (χ2n) is 7.04. The van der Waals surface area contributed by atoms with Gasteiger partial charge in [0.15, 0.2) is 11.5 Å². The van der Waals surface area contributed by atoms with Crippen LogP contribution in [-0.2, 0) is 0 Å². The molecule has 146 valence electrons. The predicted molar refractivity (Wildman–Crippen MR) is 106 cm³/mol. The molecule has 0 radical (unpaired) electrons. The fraction of sp³-hybridized carbons (Fsp3) is 0.650. The van der Waals surface area contributed by atoms with Crippen LogP contribution in [0.4, 0.5) is 0 Å². The Morgan fingerprint density at radius 2 is 1.77 bits per heavy atom. The van der Waals surface area contributed by atoms with Gasteiger partial charge in [-0.25, -0.2) is 0 Å². The number of ether oxygens (including phenoxy) is 2. The van der Waals surface area contributed by atoms with E-state index < -0.39 is 0 Å². The number of nitrogens with zero attached hydrogens (tertiary/aromatic N) is 1. The van der Waals surface area contributed by atoms with Crippen molar-refractivity contribution in [2.75, 3.05) is 26.3 Å². The zero-order valence-electron chi connectivity index (χ0n) is 15.8. The SMILES string of the molecule is CCCOc1ccc(C(=O)N2CCC3CCC(C2)N3)cc1OCCC.Cl. The summed E-state index contributed by atoms with van der Waals surface area (Å²) in [7, 11) is 0. The van der Waals surface area contributed by atoms with Crippen LogP contribution in [0.3, 0.4) is 0 Å². The third-order valence-corrected chi connectivity index (χ3v) is 4.92. The average molecular weight is 383 g/mol. The minimum Gasteiger partial charge on any atom is -0.490 e. The van der Waals surface area contributed by atoms with E-state index in [1.807, 2.05) is 23.1 Å². The number of carbonyl (C=O) groups is 1. The van der Waals surface area contributed by atoms with Crippen LogP contribution in [0, 0.1) is 0 Å². The number of rotatable bonds is 7. The summed E-state index contributed by atoms with van der Waals surface area (Å²) in [5.41, 5.74) is 0.688. The maximum atomic E-state index is 13.0. The molecule has 0 saturated carbocycles. The lowest BCUT2D eigenvalue weighted by atomic mass is 10.1. The molecule has 6 heteroatoms. The summed E-state index contributed by atoms with van der Waals surface area (Å²) in [4.78, 5) is 15.0. The monoisotopic (exact) mass is 382 g/mol. The summed E-state index contributed by atoms with van der Waals surface area (Å²) in [6.45, 7) is 7.04. The lowest BCUT2D eigenvalue weighted by Gasteiger charge is -2.24. The molecule has 2 unspecified atom stereocenters. The molecular weight excluding hydrogens is 352 g/mol. The number of likely N-dealkylation sites (tertiary alicyclic amines) is 1. The van der Waals surface area contributed by atoms with E-state index in [2.05, 4.69) is 19.2 Å². The predicted octanol–water partition coefficient (Wildman–Crippen LogP) is 3.65. The fourth-order valence-electron chi connectivity index (χ4n) is 3.61.